The van der Waals surface area contributed by atoms with E-state index < -0.39 is 35.8 Å². The van der Waals surface area contributed by atoms with Gasteiger partial charge in [-0.2, -0.15) is 14.9 Å². The molecule has 2 aromatic carbocycles. The first kappa shape index (κ1) is 33.6. The Kier molecular flexibility index (Phi) is 9.65. The number of alkyl halides is 3. The summed E-state index contributed by atoms with van der Waals surface area (Å²) < 4.78 is 46.5. The average molecular weight is 677 g/mol. The molecule has 15 heteroatoms. The molecule has 3 amide bonds. The first-order valence-electron chi connectivity index (χ1n) is 15.8. The van der Waals surface area contributed by atoms with Gasteiger partial charge in [0, 0.05) is 56.0 Å². The maximum absolute atomic E-state index is 14.2. The minimum Gasteiger partial charge on any atom is -0.379 e. The molecule has 0 radical (unpaired) electrons. The maximum Gasteiger partial charge on any atom is 0.504 e. The van der Waals surface area contributed by atoms with E-state index in [1.165, 1.54) is 4.90 Å². The van der Waals surface area contributed by atoms with Crippen LogP contribution in [-0.4, -0.2) is 87.6 Å². The second-order valence-electron chi connectivity index (χ2n) is 11.7. The number of aromatic nitrogens is 4. The lowest BCUT2D eigenvalue weighted by atomic mass is 9.82. The zero-order valence-electron chi connectivity index (χ0n) is 26.7. The van der Waals surface area contributed by atoms with Crippen LogP contribution in [0.25, 0.3) is 5.69 Å². The highest BCUT2D eigenvalue weighted by atomic mass is 19.4. The van der Waals surface area contributed by atoms with Crippen LogP contribution in [0.2, 0.25) is 0 Å². The Hall–Kier alpha value is -5.28. The van der Waals surface area contributed by atoms with Crippen LogP contribution in [0.3, 0.4) is 0 Å². The van der Waals surface area contributed by atoms with E-state index in [9.17, 15) is 27.6 Å². The Bertz CT molecular complexity index is 1850. The van der Waals surface area contributed by atoms with Gasteiger partial charge in [0.15, 0.2) is 0 Å². The van der Waals surface area contributed by atoms with Crippen molar-refractivity contribution in [2.75, 3.05) is 44.3 Å². The van der Waals surface area contributed by atoms with Crippen LogP contribution in [0.1, 0.15) is 40.0 Å². The number of hydrogen-bond acceptors (Lipinski definition) is 7. The lowest BCUT2D eigenvalue weighted by Gasteiger charge is -2.38. The van der Waals surface area contributed by atoms with Gasteiger partial charge in [-0.05, 0) is 36.2 Å². The fourth-order valence-electron chi connectivity index (χ4n) is 6.13. The van der Waals surface area contributed by atoms with Crippen LogP contribution in [0.15, 0.2) is 85.2 Å². The SMILES string of the molecule is C=C(CN1CCOCC1)C(=O)NCc1cccc([C@@H]2c3cnn(-c4ccccc4)c3N(CC)C(=O)[C@H]2NC(=O)c2ccn(C(F)(F)F)n2)c1. The zero-order valence-corrected chi connectivity index (χ0v) is 26.7. The number of anilines is 1. The van der Waals surface area contributed by atoms with Crippen molar-refractivity contribution in [1.29, 1.82) is 0 Å². The molecule has 2 aromatic heterocycles. The van der Waals surface area contributed by atoms with Crippen LogP contribution in [0, 0.1) is 0 Å². The topological polar surface area (TPSA) is 127 Å². The standard InChI is InChI=1S/C34H35F3N8O4/c1-3-43-32-26(20-39-45(32)25-10-5-4-6-11-25)28(29(33(43)48)40-31(47)27-12-13-44(41-27)34(35,36)37)24-9-7-8-23(18-24)19-38-30(46)22(2)21-42-14-16-49-17-15-42/h4-13,18,20,28-29H,2-3,14-17,19,21H2,1H3,(H,38,46)(H,40,47)/t28-,29+/m1/s1. The highest BCUT2D eigenvalue weighted by Gasteiger charge is 2.44. The molecule has 0 unspecified atom stereocenters. The van der Waals surface area contributed by atoms with Crippen LogP contribution < -0.4 is 15.5 Å². The average Bonchev–Trinajstić information content (AvgIpc) is 3.78. The number of ether oxygens (including phenoxy) is 1. The third-order valence-corrected chi connectivity index (χ3v) is 8.51. The molecule has 0 bridgehead atoms. The Morgan fingerprint density at radius 2 is 1.82 bits per heavy atom. The van der Waals surface area contributed by atoms with Gasteiger partial charge in [0.25, 0.3) is 11.8 Å². The summed E-state index contributed by atoms with van der Waals surface area (Å²) in [6, 6.07) is 16.2. The van der Waals surface area contributed by atoms with Gasteiger partial charge in [-0.25, -0.2) is 4.68 Å². The third kappa shape index (κ3) is 7.12. The van der Waals surface area contributed by atoms with Crippen molar-refractivity contribution in [2.24, 2.45) is 0 Å². The third-order valence-electron chi connectivity index (χ3n) is 8.51. The van der Waals surface area contributed by atoms with Gasteiger partial charge in [-0.3, -0.25) is 24.2 Å². The quantitative estimate of drug-likeness (QED) is 0.247. The van der Waals surface area contributed by atoms with Crippen molar-refractivity contribution in [3.05, 3.63) is 108 Å². The molecule has 6 rings (SSSR count). The first-order chi connectivity index (χ1) is 23.5. The number of likely N-dealkylation sites (N-methyl/N-ethyl adjacent to an activating group) is 1. The molecule has 2 aliphatic heterocycles. The van der Waals surface area contributed by atoms with E-state index in [1.54, 1.807) is 29.9 Å². The summed E-state index contributed by atoms with van der Waals surface area (Å²) in [5, 5.41) is 13.6. The van der Waals surface area contributed by atoms with Crippen LogP contribution in [0.4, 0.5) is 19.0 Å². The predicted molar refractivity (Wildman–Crippen MR) is 173 cm³/mol. The number of nitrogens with zero attached hydrogens (tertiary/aromatic N) is 6. The number of hydrogen-bond donors (Lipinski definition) is 2. The van der Waals surface area contributed by atoms with Crippen molar-refractivity contribution in [3.63, 3.8) is 0 Å². The van der Waals surface area contributed by atoms with E-state index >= 15 is 0 Å². The highest BCUT2D eigenvalue weighted by molar-refractivity contribution is 6.04. The zero-order chi connectivity index (χ0) is 34.7. The molecule has 0 spiro atoms. The number of rotatable bonds is 10. The van der Waals surface area contributed by atoms with E-state index in [4.69, 9.17) is 4.74 Å². The summed E-state index contributed by atoms with van der Waals surface area (Å²) in [7, 11) is 0. The molecular formula is C34H35F3N8O4. The summed E-state index contributed by atoms with van der Waals surface area (Å²) >= 11 is 0. The van der Waals surface area contributed by atoms with Crippen LogP contribution >= 0.6 is 0 Å². The second-order valence-corrected chi connectivity index (χ2v) is 11.7. The molecule has 2 atom stereocenters. The molecular weight excluding hydrogens is 641 g/mol. The van der Waals surface area contributed by atoms with Crippen LogP contribution in [0.5, 0.6) is 0 Å². The monoisotopic (exact) mass is 676 g/mol. The number of halogens is 3. The summed E-state index contributed by atoms with van der Waals surface area (Å²) in [5.41, 5.74) is 2.61. The van der Waals surface area contributed by atoms with Crippen molar-refractivity contribution in [3.8, 4) is 5.69 Å². The molecule has 4 heterocycles. The van der Waals surface area contributed by atoms with E-state index in [2.05, 4.69) is 32.3 Å². The molecule has 0 saturated carbocycles. The maximum atomic E-state index is 14.2. The van der Waals surface area contributed by atoms with Gasteiger partial charge in [-0.15, -0.1) is 13.2 Å². The van der Waals surface area contributed by atoms with Crippen molar-refractivity contribution >= 4 is 23.5 Å². The summed E-state index contributed by atoms with van der Waals surface area (Å²) in [4.78, 5) is 44.1. The molecule has 256 valence electrons. The minimum absolute atomic E-state index is 0.165. The number of benzene rings is 2. The van der Waals surface area contributed by atoms with Crippen molar-refractivity contribution in [2.45, 2.75) is 31.7 Å². The predicted octanol–water partition coefficient (Wildman–Crippen LogP) is 3.35. The number of fused-ring (bicyclic) bond motifs is 1. The summed E-state index contributed by atoms with van der Waals surface area (Å²) in [5.74, 6) is -1.99. The molecule has 0 aliphatic carbocycles. The van der Waals surface area contributed by atoms with E-state index in [0.29, 0.717) is 67.3 Å². The van der Waals surface area contributed by atoms with Gasteiger partial charge in [-0.1, -0.05) is 49.0 Å². The Labute approximate surface area is 280 Å². The fourth-order valence-corrected chi connectivity index (χ4v) is 6.13. The van der Waals surface area contributed by atoms with Crippen molar-refractivity contribution in [1.82, 2.24) is 35.1 Å². The highest BCUT2D eigenvalue weighted by Crippen LogP contribution is 2.41. The second kappa shape index (κ2) is 14.1. The number of para-hydroxylation sites is 1. The lowest BCUT2D eigenvalue weighted by Crippen LogP contribution is -2.55. The lowest BCUT2D eigenvalue weighted by molar-refractivity contribution is -0.212. The summed E-state index contributed by atoms with van der Waals surface area (Å²) in [6.07, 6.45) is -2.54. The number of carbonyl (C=O) groups is 3. The fraction of sp³-hybridized carbons (Fsp3) is 0.324. The number of carbonyl (C=O) groups excluding carboxylic acids is 3. The van der Waals surface area contributed by atoms with Crippen LogP contribution in [-0.2, 0) is 27.2 Å². The molecule has 2 aliphatic rings. The largest absolute Gasteiger partial charge is 0.504 e. The van der Waals surface area contributed by atoms with E-state index in [-0.39, 0.29) is 23.7 Å². The van der Waals surface area contributed by atoms with Gasteiger partial charge in [0.05, 0.1) is 25.1 Å². The molecule has 1 saturated heterocycles. The molecule has 49 heavy (non-hydrogen) atoms. The molecule has 4 aromatic rings. The van der Waals surface area contributed by atoms with Crippen molar-refractivity contribution < 1.29 is 32.3 Å². The first-order valence-corrected chi connectivity index (χ1v) is 15.8. The van der Waals surface area contributed by atoms with Gasteiger partial charge in [0.2, 0.25) is 5.91 Å². The van der Waals surface area contributed by atoms with Gasteiger partial charge < -0.3 is 15.4 Å². The van der Waals surface area contributed by atoms with E-state index in [0.717, 1.165) is 11.6 Å². The number of morpholine rings is 1. The summed E-state index contributed by atoms with van der Waals surface area (Å²) in [6.45, 7) is 9.19. The number of amides is 3. The molecule has 2 N–H and O–H groups in total. The number of nitrogens with one attached hydrogen (secondary N) is 2. The Morgan fingerprint density at radius 1 is 1.06 bits per heavy atom. The molecule has 1 fully saturated rings. The Morgan fingerprint density at radius 3 is 2.51 bits per heavy atom. The van der Waals surface area contributed by atoms with E-state index in [1.807, 2.05) is 42.5 Å². The molecule has 12 nitrogen and oxygen atoms in total. The Balaban J connectivity index is 1.32. The normalized spacial score (nSPS) is 18.2. The van der Waals surface area contributed by atoms with Gasteiger partial charge in [0.1, 0.15) is 17.6 Å². The van der Waals surface area contributed by atoms with Gasteiger partial charge >= 0.3 is 6.30 Å². The smallest absolute Gasteiger partial charge is 0.379 e. The minimum atomic E-state index is -4.81.